The summed E-state index contributed by atoms with van der Waals surface area (Å²) in [6.07, 6.45) is 3.86. The predicted molar refractivity (Wildman–Crippen MR) is 151 cm³/mol. The van der Waals surface area contributed by atoms with Crippen LogP contribution in [0.1, 0.15) is 55.2 Å². The fourth-order valence-corrected chi connectivity index (χ4v) is 5.61. The first-order valence-corrected chi connectivity index (χ1v) is 13.8. The number of para-hydroxylation sites is 1. The largest absolute Gasteiger partial charge is 0.493 e. The molecule has 0 aliphatic carbocycles. The summed E-state index contributed by atoms with van der Waals surface area (Å²) in [5, 5.41) is 0.580. The maximum Gasteiger partial charge on any atom is 0.309 e. The molecular weight excluding hydrogens is 532 g/mol. The third-order valence-corrected chi connectivity index (χ3v) is 7.59. The van der Waals surface area contributed by atoms with Crippen LogP contribution in [0.3, 0.4) is 0 Å². The molecule has 3 aromatic rings. The number of fused-ring (bicyclic) bond motifs is 3. The number of rotatable bonds is 8. The summed E-state index contributed by atoms with van der Waals surface area (Å²) in [4.78, 5) is 27.3. The number of carbonyl (C=O) groups excluding carboxylic acids is 2. The highest BCUT2D eigenvalue weighted by Gasteiger charge is 2.35. The fourth-order valence-electron chi connectivity index (χ4n) is 5.43. The van der Waals surface area contributed by atoms with Crippen LogP contribution < -0.4 is 9.47 Å². The van der Waals surface area contributed by atoms with Crippen molar-refractivity contribution in [3.05, 3.63) is 88.2 Å². The second kappa shape index (κ2) is 12.2. The Balaban J connectivity index is 1.46. The van der Waals surface area contributed by atoms with Gasteiger partial charge in [0.05, 0.1) is 45.0 Å². The molecule has 2 aliphatic rings. The van der Waals surface area contributed by atoms with E-state index in [0.717, 1.165) is 28.1 Å². The lowest BCUT2D eigenvalue weighted by molar-refractivity contribution is -0.142. The zero-order chi connectivity index (χ0) is 28.2. The van der Waals surface area contributed by atoms with Gasteiger partial charge in [0.15, 0.2) is 11.5 Å². The number of hydrogen-bond acceptors (Lipinski definition) is 6. The first kappa shape index (κ1) is 27.8. The molecule has 2 aliphatic heterocycles. The molecule has 210 valence electrons. The summed E-state index contributed by atoms with van der Waals surface area (Å²) in [7, 11) is 3.19. The van der Waals surface area contributed by atoms with Gasteiger partial charge in [0.2, 0.25) is 5.91 Å². The van der Waals surface area contributed by atoms with Crippen LogP contribution >= 0.6 is 11.6 Å². The number of nitrogens with zero attached hydrogens (tertiary/aromatic N) is 2. The SMILES string of the molecule is CCOC(=O)CC1=CCN(C(=O)C[C@H]2O[C@H](c3cccc(OC)c3OC)c3cc(Cl)ccc3-n3cccc32)CC1. The van der Waals surface area contributed by atoms with Crippen LogP contribution in [0, 0.1) is 0 Å². The maximum absolute atomic E-state index is 13.6. The maximum atomic E-state index is 13.6. The molecule has 0 bridgehead atoms. The number of halogens is 1. The molecule has 1 aromatic heterocycles. The van der Waals surface area contributed by atoms with E-state index >= 15 is 0 Å². The number of carbonyl (C=O) groups is 2. The number of ether oxygens (including phenoxy) is 4. The van der Waals surface area contributed by atoms with Crippen molar-refractivity contribution in [3.8, 4) is 17.2 Å². The van der Waals surface area contributed by atoms with E-state index < -0.39 is 12.2 Å². The number of esters is 1. The highest BCUT2D eigenvalue weighted by atomic mass is 35.5. The molecule has 3 heterocycles. The zero-order valence-corrected chi connectivity index (χ0v) is 23.6. The molecule has 2 aromatic carbocycles. The van der Waals surface area contributed by atoms with E-state index in [9.17, 15) is 9.59 Å². The molecule has 0 radical (unpaired) electrons. The van der Waals surface area contributed by atoms with E-state index in [1.165, 1.54) is 0 Å². The molecule has 8 nitrogen and oxygen atoms in total. The first-order valence-electron chi connectivity index (χ1n) is 13.4. The number of methoxy groups -OCH3 is 2. The minimum Gasteiger partial charge on any atom is -0.493 e. The van der Waals surface area contributed by atoms with E-state index in [0.29, 0.717) is 42.6 Å². The Morgan fingerprint density at radius 2 is 1.93 bits per heavy atom. The Kier molecular flexibility index (Phi) is 8.47. The van der Waals surface area contributed by atoms with Crippen molar-refractivity contribution in [1.82, 2.24) is 9.47 Å². The van der Waals surface area contributed by atoms with Crippen LogP contribution in [-0.4, -0.2) is 55.3 Å². The highest BCUT2D eigenvalue weighted by molar-refractivity contribution is 6.30. The summed E-state index contributed by atoms with van der Waals surface area (Å²) in [5.41, 5.74) is 4.42. The second-order valence-electron chi connectivity index (χ2n) is 9.73. The van der Waals surface area contributed by atoms with E-state index in [4.69, 9.17) is 30.5 Å². The Labute approximate surface area is 239 Å². The third kappa shape index (κ3) is 5.60. The lowest BCUT2D eigenvalue weighted by Crippen LogP contribution is -2.36. The molecule has 0 spiro atoms. The molecular formula is C31H33ClN2O6. The quantitative estimate of drug-likeness (QED) is 0.254. The van der Waals surface area contributed by atoms with Crippen molar-refractivity contribution in [3.63, 3.8) is 0 Å². The molecule has 0 unspecified atom stereocenters. The van der Waals surface area contributed by atoms with Gasteiger partial charge in [0, 0.05) is 35.4 Å². The minimum absolute atomic E-state index is 0.0236. The van der Waals surface area contributed by atoms with Gasteiger partial charge in [0.1, 0.15) is 12.2 Å². The topological polar surface area (TPSA) is 79.2 Å². The molecule has 0 N–H and O–H groups in total. The number of amides is 1. The van der Waals surface area contributed by atoms with Gasteiger partial charge < -0.3 is 28.4 Å². The van der Waals surface area contributed by atoms with E-state index in [2.05, 4.69) is 4.57 Å². The van der Waals surface area contributed by atoms with Gasteiger partial charge in [-0.1, -0.05) is 35.4 Å². The Hall–Kier alpha value is -3.75. The van der Waals surface area contributed by atoms with Crippen LogP contribution in [0.25, 0.3) is 5.69 Å². The first-order chi connectivity index (χ1) is 19.4. The van der Waals surface area contributed by atoms with Gasteiger partial charge in [-0.05, 0) is 49.7 Å². The molecule has 0 saturated heterocycles. The molecule has 2 atom stereocenters. The zero-order valence-electron chi connectivity index (χ0n) is 22.9. The van der Waals surface area contributed by atoms with E-state index in [-0.39, 0.29) is 24.7 Å². The van der Waals surface area contributed by atoms with Gasteiger partial charge in [-0.2, -0.15) is 0 Å². The number of hydrogen-bond donors (Lipinski definition) is 0. The van der Waals surface area contributed by atoms with Crippen LogP contribution in [0.15, 0.2) is 66.4 Å². The van der Waals surface area contributed by atoms with Crippen LogP contribution in [-0.2, 0) is 19.1 Å². The molecule has 40 heavy (non-hydrogen) atoms. The minimum atomic E-state index is -0.575. The summed E-state index contributed by atoms with van der Waals surface area (Å²) in [6.45, 7) is 3.14. The van der Waals surface area contributed by atoms with Crippen molar-refractivity contribution in [1.29, 1.82) is 0 Å². The second-order valence-corrected chi connectivity index (χ2v) is 10.2. The third-order valence-electron chi connectivity index (χ3n) is 7.35. The normalized spacial score (nSPS) is 18.2. The lowest BCUT2D eigenvalue weighted by atomic mass is 9.98. The molecule has 0 saturated carbocycles. The molecule has 5 rings (SSSR count). The standard InChI is InChI=1S/C31H33ClN2O6/c1-4-39-29(36)17-20-12-15-33(16-13-20)28(35)19-27-25-8-6-14-34(25)24-11-10-21(32)18-23(24)30(40-27)22-7-5-9-26(37-2)31(22)38-3/h5-12,14,18,27,30H,4,13,15-17,19H2,1-3H3/t27-,30-/m1/s1. The van der Waals surface area contributed by atoms with Gasteiger partial charge in [-0.15, -0.1) is 0 Å². The van der Waals surface area contributed by atoms with Gasteiger partial charge in [-0.25, -0.2) is 0 Å². The lowest BCUT2D eigenvalue weighted by Gasteiger charge is -2.29. The van der Waals surface area contributed by atoms with Crippen molar-refractivity contribution in [2.45, 2.75) is 38.4 Å². The monoisotopic (exact) mass is 564 g/mol. The van der Waals surface area contributed by atoms with Crippen LogP contribution in [0.2, 0.25) is 5.02 Å². The molecule has 0 fully saturated rings. The van der Waals surface area contributed by atoms with Crippen molar-refractivity contribution < 1.29 is 28.5 Å². The van der Waals surface area contributed by atoms with E-state index in [1.54, 1.807) is 26.0 Å². The highest BCUT2D eigenvalue weighted by Crippen LogP contribution is 2.46. The van der Waals surface area contributed by atoms with Gasteiger partial charge in [-0.3, -0.25) is 9.59 Å². The Morgan fingerprint density at radius 3 is 2.65 bits per heavy atom. The Morgan fingerprint density at radius 1 is 1.07 bits per heavy atom. The summed E-state index contributed by atoms with van der Waals surface area (Å²) in [5.74, 6) is 0.889. The summed E-state index contributed by atoms with van der Waals surface area (Å²) < 4.78 is 25.3. The number of benzene rings is 2. The number of aromatic nitrogens is 1. The Bertz CT molecular complexity index is 1430. The predicted octanol–water partition coefficient (Wildman–Crippen LogP) is 5.81. The fraction of sp³-hybridized carbons (Fsp3) is 0.355. The average Bonchev–Trinajstić information content (AvgIpc) is 3.40. The smallest absolute Gasteiger partial charge is 0.309 e. The van der Waals surface area contributed by atoms with Gasteiger partial charge >= 0.3 is 5.97 Å². The molecule has 1 amide bonds. The summed E-state index contributed by atoms with van der Waals surface area (Å²) >= 11 is 6.48. The van der Waals surface area contributed by atoms with Crippen molar-refractivity contribution >= 4 is 23.5 Å². The van der Waals surface area contributed by atoms with Crippen molar-refractivity contribution in [2.24, 2.45) is 0 Å². The molecule has 9 heteroatoms. The van der Waals surface area contributed by atoms with Crippen molar-refractivity contribution in [2.75, 3.05) is 33.9 Å². The van der Waals surface area contributed by atoms with Crippen LogP contribution in [0.4, 0.5) is 0 Å². The summed E-state index contributed by atoms with van der Waals surface area (Å²) in [6, 6.07) is 15.3. The average molecular weight is 565 g/mol. The van der Waals surface area contributed by atoms with Gasteiger partial charge in [0.25, 0.3) is 0 Å². The van der Waals surface area contributed by atoms with E-state index in [1.807, 2.05) is 60.8 Å². The van der Waals surface area contributed by atoms with Crippen LogP contribution in [0.5, 0.6) is 11.5 Å².